The van der Waals surface area contributed by atoms with Crippen LogP contribution in [-0.4, -0.2) is 60.4 Å². The molecule has 1 aliphatic heterocycles. The van der Waals surface area contributed by atoms with E-state index in [-0.39, 0.29) is 24.3 Å². The van der Waals surface area contributed by atoms with Crippen molar-refractivity contribution in [3.63, 3.8) is 0 Å². The number of hydrogen-bond acceptors (Lipinski definition) is 5. The zero-order chi connectivity index (χ0) is 17.1. The van der Waals surface area contributed by atoms with E-state index in [0.29, 0.717) is 19.5 Å². The first-order chi connectivity index (χ1) is 11.0. The van der Waals surface area contributed by atoms with Gasteiger partial charge in [0.1, 0.15) is 0 Å². The van der Waals surface area contributed by atoms with Gasteiger partial charge in [-0.05, 0) is 19.3 Å². The normalized spacial score (nSPS) is 16.8. The molecule has 0 aromatic heterocycles. The van der Waals surface area contributed by atoms with Gasteiger partial charge in [0.05, 0.1) is 6.54 Å². The summed E-state index contributed by atoms with van der Waals surface area (Å²) in [6.07, 6.45) is 5.05. The molecule has 0 spiro atoms. The summed E-state index contributed by atoms with van der Waals surface area (Å²) in [4.78, 5) is 24.5. The number of hydrogen-bond donors (Lipinski definition) is 4. The highest BCUT2D eigenvalue weighted by atomic mass is 33.1. The number of carbonyl (C=O) groups excluding carboxylic acids is 2. The molecule has 5 N–H and O–H groups in total. The zero-order valence-electron chi connectivity index (χ0n) is 13.6. The number of carbonyl (C=O) groups is 2. The van der Waals surface area contributed by atoms with E-state index in [1.807, 2.05) is 21.6 Å². The Labute approximate surface area is 145 Å². The second kappa shape index (κ2) is 11.4. The number of rotatable bonds is 10. The Morgan fingerprint density at radius 3 is 2.57 bits per heavy atom. The van der Waals surface area contributed by atoms with Gasteiger partial charge in [0.25, 0.3) is 0 Å². The SMILES string of the molecule is CN(CC(=O)NCCNC(=O)CCCCC1CCSS1)C(=N)N. The number of likely N-dealkylation sites (N-methyl/N-ethyl adjacent to an activating group) is 1. The maximum Gasteiger partial charge on any atom is 0.239 e. The van der Waals surface area contributed by atoms with Crippen molar-refractivity contribution in [2.24, 2.45) is 5.73 Å². The molecule has 0 aliphatic carbocycles. The van der Waals surface area contributed by atoms with Crippen LogP contribution in [0.25, 0.3) is 0 Å². The molecule has 1 rings (SSSR count). The standard InChI is InChI=1S/C14H27N5O2S2/c1-19(14(15)16)10-13(21)18-8-7-17-12(20)5-3-2-4-11-6-9-22-23-11/h11H,2-10H2,1H3,(H3,15,16)(H,17,20)(H,18,21). The maximum atomic E-state index is 11.7. The van der Waals surface area contributed by atoms with Crippen molar-refractivity contribution in [1.82, 2.24) is 15.5 Å². The van der Waals surface area contributed by atoms with Crippen molar-refractivity contribution < 1.29 is 9.59 Å². The number of nitrogens with zero attached hydrogens (tertiary/aromatic N) is 1. The monoisotopic (exact) mass is 361 g/mol. The summed E-state index contributed by atoms with van der Waals surface area (Å²) in [5.74, 6) is 0.921. The first-order valence-electron chi connectivity index (χ1n) is 7.86. The van der Waals surface area contributed by atoms with Gasteiger partial charge in [-0.25, -0.2) is 0 Å². The molecule has 0 aromatic rings. The van der Waals surface area contributed by atoms with E-state index in [9.17, 15) is 9.59 Å². The molecule has 0 bridgehead atoms. The second-order valence-corrected chi connectivity index (χ2v) is 8.30. The Morgan fingerprint density at radius 2 is 1.96 bits per heavy atom. The fourth-order valence-corrected chi connectivity index (χ4v) is 5.10. The van der Waals surface area contributed by atoms with Gasteiger partial charge in [0, 0.05) is 37.6 Å². The van der Waals surface area contributed by atoms with E-state index in [2.05, 4.69) is 10.6 Å². The van der Waals surface area contributed by atoms with Crippen molar-refractivity contribution in [1.29, 1.82) is 5.41 Å². The molecule has 2 amide bonds. The lowest BCUT2D eigenvalue weighted by Crippen LogP contribution is -2.43. The van der Waals surface area contributed by atoms with Crippen LogP contribution in [0.1, 0.15) is 32.1 Å². The second-order valence-electron chi connectivity index (χ2n) is 5.52. The summed E-state index contributed by atoms with van der Waals surface area (Å²) >= 11 is 0. The summed E-state index contributed by atoms with van der Waals surface area (Å²) in [6, 6.07) is 0. The molecular weight excluding hydrogens is 334 g/mol. The van der Waals surface area contributed by atoms with E-state index in [1.165, 1.54) is 23.5 Å². The molecule has 1 unspecified atom stereocenters. The lowest BCUT2D eigenvalue weighted by Gasteiger charge is -2.15. The predicted molar refractivity (Wildman–Crippen MR) is 97.5 cm³/mol. The summed E-state index contributed by atoms with van der Waals surface area (Å²) in [5.41, 5.74) is 5.25. The van der Waals surface area contributed by atoms with Crippen LogP contribution < -0.4 is 16.4 Å². The zero-order valence-corrected chi connectivity index (χ0v) is 15.2. The first kappa shape index (κ1) is 20.0. The topological polar surface area (TPSA) is 111 Å². The summed E-state index contributed by atoms with van der Waals surface area (Å²) in [5, 5.41) is 13.4. The molecule has 7 nitrogen and oxygen atoms in total. The fraction of sp³-hybridized carbons (Fsp3) is 0.786. The number of nitrogens with two attached hydrogens (primary N) is 1. The van der Waals surface area contributed by atoms with Gasteiger partial charge in [0.2, 0.25) is 11.8 Å². The molecule has 0 saturated carbocycles. The minimum atomic E-state index is -0.219. The smallest absolute Gasteiger partial charge is 0.239 e. The van der Waals surface area contributed by atoms with Crippen LogP contribution in [-0.2, 0) is 9.59 Å². The van der Waals surface area contributed by atoms with Gasteiger partial charge in [-0.15, -0.1) is 0 Å². The van der Waals surface area contributed by atoms with Crippen LogP contribution in [0.2, 0.25) is 0 Å². The molecule has 0 radical (unpaired) electrons. The van der Waals surface area contributed by atoms with Crippen molar-refractivity contribution in [2.75, 3.05) is 32.4 Å². The van der Waals surface area contributed by atoms with Crippen molar-refractivity contribution in [3.05, 3.63) is 0 Å². The first-order valence-corrected chi connectivity index (χ1v) is 10.2. The Morgan fingerprint density at radius 1 is 1.26 bits per heavy atom. The molecule has 1 saturated heterocycles. The van der Waals surface area contributed by atoms with Gasteiger partial charge in [-0.3, -0.25) is 15.0 Å². The lowest BCUT2D eigenvalue weighted by atomic mass is 10.1. The highest BCUT2D eigenvalue weighted by Gasteiger charge is 2.15. The van der Waals surface area contributed by atoms with Crippen molar-refractivity contribution >= 4 is 39.4 Å². The fourth-order valence-electron chi connectivity index (χ4n) is 2.07. The van der Waals surface area contributed by atoms with Gasteiger partial charge in [0.15, 0.2) is 5.96 Å². The van der Waals surface area contributed by atoms with Crippen molar-refractivity contribution in [2.45, 2.75) is 37.4 Å². The van der Waals surface area contributed by atoms with E-state index < -0.39 is 0 Å². The summed E-state index contributed by atoms with van der Waals surface area (Å²) in [6.45, 7) is 0.844. The number of unbranched alkanes of at least 4 members (excludes halogenated alkanes) is 1. The lowest BCUT2D eigenvalue weighted by molar-refractivity contribution is -0.123. The Kier molecular flexibility index (Phi) is 9.93. The van der Waals surface area contributed by atoms with Crippen molar-refractivity contribution in [3.8, 4) is 0 Å². The average Bonchev–Trinajstić information content (AvgIpc) is 3.01. The van der Waals surface area contributed by atoms with Crippen LogP contribution in [0.3, 0.4) is 0 Å². The molecular formula is C14H27N5O2S2. The quantitative estimate of drug-likeness (QED) is 0.198. The van der Waals surface area contributed by atoms with Crippen LogP contribution in [0.15, 0.2) is 0 Å². The Bertz CT molecular complexity index is 403. The van der Waals surface area contributed by atoms with E-state index in [0.717, 1.165) is 18.1 Å². The van der Waals surface area contributed by atoms with E-state index >= 15 is 0 Å². The number of nitrogens with one attached hydrogen (secondary N) is 3. The van der Waals surface area contributed by atoms with Gasteiger partial charge in [-0.1, -0.05) is 28.0 Å². The third kappa shape index (κ3) is 9.60. The summed E-state index contributed by atoms with van der Waals surface area (Å²) < 4.78 is 0. The van der Waals surface area contributed by atoms with Gasteiger partial charge >= 0.3 is 0 Å². The highest BCUT2D eigenvalue weighted by molar-refractivity contribution is 8.77. The molecule has 1 aliphatic rings. The molecule has 1 atom stereocenters. The minimum absolute atomic E-state index is 0.0357. The third-order valence-electron chi connectivity index (χ3n) is 3.47. The minimum Gasteiger partial charge on any atom is -0.370 e. The Balaban J connectivity index is 1.94. The maximum absolute atomic E-state index is 11.7. The summed E-state index contributed by atoms with van der Waals surface area (Å²) in [7, 11) is 5.50. The number of guanidine groups is 1. The van der Waals surface area contributed by atoms with Crippen LogP contribution >= 0.6 is 21.6 Å². The largest absolute Gasteiger partial charge is 0.370 e. The Hall–Kier alpha value is -1.09. The third-order valence-corrected chi connectivity index (χ3v) is 6.48. The molecule has 1 heterocycles. The van der Waals surface area contributed by atoms with Gasteiger partial charge < -0.3 is 21.3 Å². The van der Waals surface area contributed by atoms with Crippen LogP contribution in [0.4, 0.5) is 0 Å². The molecule has 23 heavy (non-hydrogen) atoms. The number of amides is 2. The molecule has 1 fully saturated rings. The van der Waals surface area contributed by atoms with Crippen LogP contribution in [0.5, 0.6) is 0 Å². The molecule has 0 aromatic carbocycles. The van der Waals surface area contributed by atoms with Gasteiger partial charge in [-0.2, -0.15) is 0 Å². The molecule has 132 valence electrons. The van der Waals surface area contributed by atoms with Crippen LogP contribution in [0, 0.1) is 5.41 Å². The molecule has 9 heteroatoms. The van der Waals surface area contributed by atoms with E-state index in [1.54, 1.807) is 7.05 Å². The van der Waals surface area contributed by atoms with E-state index in [4.69, 9.17) is 11.1 Å². The highest BCUT2D eigenvalue weighted by Crippen LogP contribution is 2.39. The predicted octanol–water partition coefficient (Wildman–Crippen LogP) is 0.758. The average molecular weight is 362 g/mol.